The molecule has 1 N–H and O–H groups in total. The van der Waals surface area contributed by atoms with E-state index in [1.165, 1.54) is 19.4 Å². The number of amides is 1. The molecule has 0 saturated carbocycles. The second-order valence-electron chi connectivity index (χ2n) is 3.71. The van der Waals surface area contributed by atoms with Crippen LogP contribution >= 0.6 is 11.6 Å². The van der Waals surface area contributed by atoms with E-state index in [1.54, 1.807) is 0 Å². The molecule has 3 nitrogen and oxygen atoms in total. The lowest BCUT2D eigenvalue weighted by atomic mass is 9.98. The molecule has 4 heteroatoms. The normalized spacial score (nSPS) is 24.3. The summed E-state index contributed by atoms with van der Waals surface area (Å²) in [7, 11) is 2.12. The largest absolute Gasteiger partial charge is 0.355 e. The number of carbonyl (C=O) groups excluding carboxylic acids is 1. The third-order valence-electron chi connectivity index (χ3n) is 2.43. The summed E-state index contributed by atoms with van der Waals surface area (Å²) in [5.74, 6) is 0.614. The first-order valence-corrected chi connectivity index (χ1v) is 5.27. The zero-order valence-electron chi connectivity index (χ0n) is 8.05. The van der Waals surface area contributed by atoms with Crippen molar-refractivity contribution in [1.29, 1.82) is 0 Å². The van der Waals surface area contributed by atoms with E-state index < -0.39 is 0 Å². The van der Waals surface area contributed by atoms with Crippen LogP contribution in [0, 0.1) is 5.92 Å². The quantitative estimate of drug-likeness (QED) is 0.686. The van der Waals surface area contributed by atoms with Crippen LogP contribution < -0.4 is 5.32 Å². The third kappa shape index (κ3) is 3.96. The molecule has 1 aliphatic heterocycles. The predicted molar refractivity (Wildman–Crippen MR) is 54.0 cm³/mol. The van der Waals surface area contributed by atoms with Gasteiger partial charge in [-0.15, -0.1) is 11.6 Å². The van der Waals surface area contributed by atoms with Gasteiger partial charge in [0.25, 0.3) is 0 Å². The van der Waals surface area contributed by atoms with E-state index in [1.807, 2.05) is 0 Å². The van der Waals surface area contributed by atoms with E-state index in [-0.39, 0.29) is 11.8 Å². The average molecular weight is 205 g/mol. The Labute approximate surface area is 84.4 Å². The van der Waals surface area contributed by atoms with Crippen molar-refractivity contribution in [2.24, 2.45) is 5.92 Å². The number of halogens is 1. The minimum atomic E-state index is -0.0603. The van der Waals surface area contributed by atoms with Gasteiger partial charge in [0.05, 0.1) is 0 Å². The van der Waals surface area contributed by atoms with Crippen LogP contribution in [0.3, 0.4) is 0 Å². The van der Waals surface area contributed by atoms with Crippen LogP contribution in [0.4, 0.5) is 0 Å². The van der Waals surface area contributed by atoms with Crippen molar-refractivity contribution in [2.45, 2.75) is 12.8 Å². The highest BCUT2D eigenvalue weighted by molar-refractivity contribution is 6.27. The van der Waals surface area contributed by atoms with Gasteiger partial charge in [-0.25, -0.2) is 0 Å². The van der Waals surface area contributed by atoms with Gasteiger partial charge >= 0.3 is 0 Å². The predicted octanol–water partition coefficient (Wildman–Crippen LogP) is 0.683. The summed E-state index contributed by atoms with van der Waals surface area (Å²) in [5.41, 5.74) is 0. The summed E-state index contributed by atoms with van der Waals surface area (Å²) >= 11 is 5.38. The van der Waals surface area contributed by atoms with E-state index in [9.17, 15) is 4.79 Å². The van der Waals surface area contributed by atoms with Crippen molar-refractivity contribution in [3.8, 4) is 0 Å². The number of nitrogens with one attached hydrogen (secondary N) is 1. The van der Waals surface area contributed by atoms with Crippen LogP contribution in [0.5, 0.6) is 0 Å². The van der Waals surface area contributed by atoms with Crippen LogP contribution in [0.1, 0.15) is 12.8 Å². The van der Waals surface area contributed by atoms with Gasteiger partial charge in [0.15, 0.2) is 0 Å². The highest BCUT2D eigenvalue weighted by Gasteiger charge is 2.17. The first-order valence-electron chi connectivity index (χ1n) is 4.73. The van der Waals surface area contributed by atoms with Gasteiger partial charge in [-0.3, -0.25) is 4.79 Å². The van der Waals surface area contributed by atoms with Gasteiger partial charge in [0, 0.05) is 13.1 Å². The van der Waals surface area contributed by atoms with E-state index in [2.05, 4.69) is 17.3 Å². The number of rotatable bonds is 3. The molecular weight excluding hydrogens is 188 g/mol. The molecule has 76 valence electrons. The number of carbonyl (C=O) groups is 1. The van der Waals surface area contributed by atoms with Crippen LogP contribution in [0.25, 0.3) is 0 Å². The number of hydrogen-bond acceptors (Lipinski definition) is 2. The highest BCUT2D eigenvalue weighted by atomic mass is 35.5. The van der Waals surface area contributed by atoms with Gasteiger partial charge in [-0.2, -0.15) is 0 Å². The Bertz CT molecular complexity index is 175. The zero-order chi connectivity index (χ0) is 9.68. The molecule has 0 aromatic rings. The molecule has 1 atom stereocenters. The molecule has 1 heterocycles. The monoisotopic (exact) mass is 204 g/mol. The van der Waals surface area contributed by atoms with E-state index in [4.69, 9.17) is 11.6 Å². The summed E-state index contributed by atoms with van der Waals surface area (Å²) in [6, 6.07) is 0. The number of alkyl halides is 1. The fraction of sp³-hybridized carbons (Fsp3) is 0.889. The molecular formula is C9H17ClN2O. The molecule has 0 radical (unpaired) electrons. The molecule has 13 heavy (non-hydrogen) atoms. The summed E-state index contributed by atoms with van der Waals surface area (Å²) in [6.07, 6.45) is 2.45. The lowest BCUT2D eigenvalue weighted by molar-refractivity contribution is -0.118. The second kappa shape index (κ2) is 5.45. The summed E-state index contributed by atoms with van der Waals surface area (Å²) < 4.78 is 0. The molecule has 1 fully saturated rings. The second-order valence-corrected chi connectivity index (χ2v) is 3.98. The van der Waals surface area contributed by atoms with Crippen molar-refractivity contribution in [1.82, 2.24) is 10.2 Å². The van der Waals surface area contributed by atoms with Gasteiger partial charge in [-0.1, -0.05) is 0 Å². The molecule has 1 aliphatic rings. The highest BCUT2D eigenvalue weighted by Crippen LogP contribution is 2.13. The van der Waals surface area contributed by atoms with Crippen LogP contribution in [0.15, 0.2) is 0 Å². The van der Waals surface area contributed by atoms with Crippen LogP contribution in [0.2, 0.25) is 0 Å². The van der Waals surface area contributed by atoms with Crippen molar-refractivity contribution in [2.75, 3.05) is 32.6 Å². The summed E-state index contributed by atoms with van der Waals surface area (Å²) in [5, 5.41) is 2.83. The molecule has 1 saturated heterocycles. The van der Waals surface area contributed by atoms with Gasteiger partial charge in [0.1, 0.15) is 5.88 Å². The van der Waals surface area contributed by atoms with Crippen LogP contribution in [-0.4, -0.2) is 43.4 Å². The number of nitrogens with zero attached hydrogens (tertiary/aromatic N) is 1. The first-order chi connectivity index (χ1) is 6.22. The zero-order valence-corrected chi connectivity index (χ0v) is 8.81. The maximum atomic E-state index is 10.9. The SMILES string of the molecule is CN1CCC[C@@H](CNC(=O)CCl)C1. The number of hydrogen-bond donors (Lipinski definition) is 1. The average Bonchev–Trinajstić information content (AvgIpc) is 2.14. The molecule has 0 aromatic heterocycles. The Morgan fingerprint density at radius 1 is 1.69 bits per heavy atom. The van der Waals surface area contributed by atoms with E-state index >= 15 is 0 Å². The molecule has 1 amide bonds. The molecule has 0 bridgehead atoms. The maximum absolute atomic E-state index is 10.9. The minimum absolute atomic E-state index is 0.0603. The molecule has 0 aromatic carbocycles. The topological polar surface area (TPSA) is 32.3 Å². The molecule has 1 rings (SSSR count). The summed E-state index contributed by atoms with van der Waals surface area (Å²) in [4.78, 5) is 13.2. The number of likely N-dealkylation sites (tertiary alicyclic amines) is 1. The third-order valence-corrected chi connectivity index (χ3v) is 2.67. The standard InChI is InChI=1S/C9H17ClN2O/c1-12-4-2-3-8(7-12)6-11-9(13)5-10/h8H,2-7H2,1H3,(H,11,13)/t8-/m0/s1. The molecule has 0 aliphatic carbocycles. The van der Waals surface area contributed by atoms with E-state index in [0.717, 1.165) is 13.1 Å². The lowest BCUT2D eigenvalue weighted by Gasteiger charge is -2.29. The smallest absolute Gasteiger partial charge is 0.234 e. The lowest BCUT2D eigenvalue weighted by Crippen LogP contribution is -2.39. The van der Waals surface area contributed by atoms with Crippen LogP contribution in [-0.2, 0) is 4.79 Å². The fourth-order valence-corrected chi connectivity index (χ4v) is 1.84. The van der Waals surface area contributed by atoms with Crippen molar-refractivity contribution in [3.05, 3.63) is 0 Å². The Hall–Kier alpha value is -0.280. The number of piperidine rings is 1. The van der Waals surface area contributed by atoms with Gasteiger partial charge in [0.2, 0.25) is 5.91 Å². The van der Waals surface area contributed by atoms with Gasteiger partial charge in [-0.05, 0) is 32.4 Å². The van der Waals surface area contributed by atoms with E-state index in [0.29, 0.717) is 5.92 Å². The summed E-state index contributed by atoms with van der Waals surface area (Å²) in [6.45, 7) is 3.04. The van der Waals surface area contributed by atoms with Crippen molar-refractivity contribution in [3.63, 3.8) is 0 Å². The van der Waals surface area contributed by atoms with Crippen molar-refractivity contribution < 1.29 is 4.79 Å². The maximum Gasteiger partial charge on any atom is 0.234 e. The van der Waals surface area contributed by atoms with Crippen molar-refractivity contribution >= 4 is 17.5 Å². The Morgan fingerprint density at radius 3 is 3.08 bits per heavy atom. The Kier molecular flexibility index (Phi) is 4.53. The molecule has 0 unspecified atom stereocenters. The first kappa shape index (κ1) is 10.8. The minimum Gasteiger partial charge on any atom is -0.355 e. The fourth-order valence-electron chi connectivity index (χ4n) is 1.75. The Morgan fingerprint density at radius 2 is 2.46 bits per heavy atom. The Balaban J connectivity index is 2.17. The van der Waals surface area contributed by atoms with Gasteiger partial charge < -0.3 is 10.2 Å². The molecule has 0 spiro atoms.